The van der Waals surface area contributed by atoms with E-state index in [9.17, 15) is 9.59 Å². The van der Waals surface area contributed by atoms with Crippen LogP contribution in [0.15, 0.2) is 72.8 Å². The lowest BCUT2D eigenvalue weighted by Gasteiger charge is -2.32. The predicted molar refractivity (Wildman–Crippen MR) is 196 cm³/mol. The number of carbonyl (C=O) groups excluding carboxylic acids is 1. The number of nitrogens with one attached hydrogen (secondary N) is 1. The summed E-state index contributed by atoms with van der Waals surface area (Å²) in [7, 11) is 6.41. The van der Waals surface area contributed by atoms with Crippen LogP contribution < -0.4 is 22.5 Å². The second-order valence-electron chi connectivity index (χ2n) is 12.5. The molecule has 0 spiro atoms. The molecule has 1 amide bonds. The largest absolute Gasteiger partial charge is 0.478 e. The number of rotatable bonds is 4. The predicted octanol–water partition coefficient (Wildman–Crippen LogP) is 2.16. The normalized spacial score (nSPS) is 17.4. The highest BCUT2D eigenvalue weighted by atomic mass is 16.4. The van der Waals surface area contributed by atoms with Crippen molar-refractivity contribution in [1.29, 1.82) is 0 Å². The van der Waals surface area contributed by atoms with Gasteiger partial charge in [0.15, 0.2) is 0 Å². The van der Waals surface area contributed by atoms with E-state index in [0.717, 1.165) is 57.1 Å². The van der Waals surface area contributed by atoms with Gasteiger partial charge in [0, 0.05) is 108 Å². The van der Waals surface area contributed by atoms with Gasteiger partial charge in [0.1, 0.15) is 0 Å². The summed E-state index contributed by atoms with van der Waals surface area (Å²) in [6.45, 7) is 14.0. The van der Waals surface area contributed by atoms with Crippen LogP contribution in [-0.2, 0) is 6.54 Å². The van der Waals surface area contributed by atoms with Crippen LogP contribution >= 0.6 is 0 Å². The van der Waals surface area contributed by atoms with Crippen molar-refractivity contribution in [2.45, 2.75) is 6.54 Å². The molecule has 12 nitrogen and oxygen atoms in total. The van der Waals surface area contributed by atoms with E-state index in [1.807, 2.05) is 17.0 Å². The summed E-state index contributed by atoms with van der Waals surface area (Å²) >= 11 is 0. The summed E-state index contributed by atoms with van der Waals surface area (Å²) in [6, 6.07) is 21.4. The van der Waals surface area contributed by atoms with Crippen LogP contribution in [0.2, 0.25) is 0 Å². The number of carboxylic acid groups (broad SMARTS) is 1. The third kappa shape index (κ3) is 14.3. The van der Waals surface area contributed by atoms with Gasteiger partial charge in [0.05, 0.1) is 5.56 Å². The smallest absolute Gasteiger partial charge is 0.335 e. The highest BCUT2D eigenvalue weighted by Crippen LogP contribution is 2.12. The van der Waals surface area contributed by atoms with Crippen LogP contribution in [0, 0.1) is 0 Å². The van der Waals surface area contributed by atoms with E-state index < -0.39 is 5.97 Å². The van der Waals surface area contributed by atoms with Crippen molar-refractivity contribution in [3.05, 3.63) is 89.5 Å². The molecule has 3 saturated heterocycles. The van der Waals surface area contributed by atoms with Crippen molar-refractivity contribution < 1.29 is 14.7 Å². The third-order valence-corrected chi connectivity index (χ3v) is 8.43. The van der Waals surface area contributed by atoms with Crippen LogP contribution in [0.25, 0.3) is 0 Å². The Balaban J connectivity index is 0.000000181. The quantitative estimate of drug-likeness (QED) is 0.261. The Morgan fingerprint density at radius 1 is 0.583 bits per heavy atom. The zero-order valence-corrected chi connectivity index (χ0v) is 28.9. The summed E-state index contributed by atoms with van der Waals surface area (Å²) in [5.41, 5.74) is 21.0. The summed E-state index contributed by atoms with van der Waals surface area (Å²) < 4.78 is 0. The summed E-state index contributed by atoms with van der Waals surface area (Å²) in [5, 5.41) is 11.7. The number of amides is 1. The van der Waals surface area contributed by atoms with Crippen molar-refractivity contribution in [2.75, 3.05) is 117 Å². The highest BCUT2D eigenvalue weighted by Gasteiger charge is 2.20. The van der Waals surface area contributed by atoms with Gasteiger partial charge in [-0.15, -0.1) is 0 Å². The molecule has 0 unspecified atom stereocenters. The van der Waals surface area contributed by atoms with Gasteiger partial charge in [-0.3, -0.25) is 9.69 Å². The van der Waals surface area contributed by atoms with Crippen LogP contribution in [-0.4, -0.2) is 141 Å². The molecule has 0 radical (unpaired) electrons. The standard InChI is InChI=1S/C12H17N3O.C12H19N3.C7H7NO2.C5H12N2/c1-14-6-8-15(9-7-14)12(16)10-2-4-11(13)5-3-10;1-14-6-8-15(9-7-14)10-11-2-4-12(13)5-3-11;8-6-3-1-5(2-4-6)7(9)10;1-7-4-2-6-3-5-7/h2-5H,6-9,13H2,1H3;2-5H,6-10,13H2,1H3;1-4H,8H2,(H,9,10);6H,2-5H2,1H3. The maximum absolute atomic E-state index is 12.1. The first-order valence-electron chi connectivity index (χ1n) is 16.6. The van der Waals surface area contributed by atoms with Crippen LogP contribution in [0.4, 0.5) is 17.1 Å². The molecule has 3 aromatic carbocycles. The molecule has 0 atom stereocenters. The fourth-order valence-corrected chi connectivity index (χ4v) is 5.11. The lowest BCUT2D eigenvalue weighted by molar-refractivity contribution is 0.0662. The summed E-state index contributed by atoms with van der Waals surface area (Å²) in [6.07, 6.45) is 0. The zero-order chi connectivity index (χ0) is 34.9. The maximum Gasteiger partial charge on any atom is 0.335 e. The molecule has 0 aromatic heterocycles. The Morgan fingerprint density at radius 3 is 1.40 bits per heavy atom. The monoisotopic (exact) mass is 661 g/mol. The molecule has 0 saturated carbocycles. The minimum Gasteiger partial charge on any atom is -0.478 e. The van der Waals surface area contributed by atoms with E-state index in [0.29, 0.717) is 11.4 Å². The molecule has 0 bridgehead atoms. The number of likely N-dealkylation sites (N-methyl/N-ethyl adjacent to an activating group) is 3. The molecule has 8 N–H and O–H groups in total. The second-order valence-corrected chi connectivity index (χ2v) is 12.5. The Kier molecular flexibility index (Phi) is 16.1. The number of anilines is 3. The fraction of sp³-hybridized carbons (Fsp3) is 0.444. The molecule has 3 heterocycles. The molecule has 6 rings (SSSR count). The molecule has 3 aromatic rings. The second kappa shape index (κ2) is 20.2. The van der Waals surface area contributed by atoms with Gasteiger partial charge in [-0.05, 0) is 87.4 Å². The Labute approximate surface area is 286 Å². The average Bonchev–Trinajstić information content (AvgIpc) is 3.09. The van der Waals surface area contributed by atoms with Gasteiger partial charge >= 0.3 is 5.97 Å². The van der Waals surface area contributed by atoms with E-state index in [1.54, 1.807) is 36.4 Å². The summed E-state index contributed by atoms with van der Waals surface area (Å²) in [4.78, 5) is 33.7. The van der Waals surface area contributed by atoms with Crippen LogP contribution in [0.1, 0.15) is 26.3 Å². The Morgan fingerprint density at radius 2 is 0.979 bits per heavy atom. The first-order chi connectivity index (χ1) is 23.0. The molecule has 262 valence electrons. The van der Waals surface area contributed by atoms with Crippen molar-refractivity contribution >= 4 is 28.9 Å². The minimum atomic E-state index is -0.931. The molecule has 48 heavy (non-hydrogen) atoms. The van der Waals surface area contributed by atoms with Crippen molar-refractivity contribution in [3.8, 4) is 0 Å². The molecular weight excluding hydrogens is 606 g/mol. The maximum atomic E-state index is 12.1. The number of carboxylic acids is 1. The minimum absolute atomic E-state index is 0.105. The number of aromatic carboxylic acids is 1. The molecular formula is C36H55N9O3. The number of hydrogen-bond acceptors (Lipinski definition) is 10. The van der Waals surface area contributed by atoms with Crippen LogP contribution in [0.5, 0.6) is 0 Å². The summed E-state index contributed by atoms with van der Waals surface area (Å²) in [5.74, 6) is -0.826. The first kappa shape index (κ1) is 38.2. The van der Waals surface area contributed by atoms with Gasteiger partial charge in [-0.2, -0.15) is 0 Å². The van der Waals surface area contributed by atoms with E-state index in [2.05, 4.69) is 58.2 Å². The van der Waals surface area contributed by atoms with Crippen molar-refractivity contribution in [2.24, 2.45) is 0 Å². The highest BCUT2D eigenvalue weighted by molar-refractivity contribution is 5.94. The fourth-order valence-electron chi connectivity index (χ4n) is 5.11. The van der Waals surface area contributed by atoms with Gasteiger partial charge in [0.25, 0.3) is 5.91 Å². The van der Waals surface area contributed by atoms with Gasteiger partial charge in [0.2, 0.25) is 0 Å². The van der Waals surface area contributed by atoms with Crippen molar-refractivity contribution in [3.63, 3.8) is 0 Å². The van der Waals surface area contributed by atoms with Gasteiger partial charge in [-0.25, -0.2) is 4.79 Å². The van der Waals surface area contributed by atoms with E-state index in [1.165, 1.54) is 57.0 Å². The Bertz CT molecular complexity index is 1350. The average molecular weight is 662 g/mol. The number of piperazine rings is 3. The van der Waals surface area contributed by atoms with E-state index in [4.69, 9.17) is 22.3 Å². The topological polar surface area (TPSA) is 161 Å². The van der Waals surface area contributed by atoms with Gasteiger partial charge < -0.3 is 47.2 Å². The lowest BCUT2D eigenvalue weighted by Crippen LogP contribution is -2.47. The van der Waals surface area contributed by atoms with Crippen LogP contribution in [0.3, 0.4) is 0 Å². The molecule has 3 aliphatic rings. The number of carbonyl (C=O) groups is 2. The SMILES string of the molecule is CN1CCN(C(=O)c2ccc(N)cc2)CC1.CN1CCN(Cc2ccc(N)cc2)CC1.CN1CCNCC1.Nc1ccc(C(=O)O)cc1. The Hall–Kier alpha value is -4.20. The van der Waals surface area contributed by atoms with Gasteiger partial charge in [-0.1, -0.05) is 12.1 Å². The van der Waals surface area contributed by atoms with Crippen molar-refractivity contribution in [1.82, 2.24) is 29.8 Å². The number of nitrogen functional groups attached to an aromatic ring is 3. The van der Waals surface area contributed by atoms with E-state index >= 15 is 0 Å². The number of nitrogens with two attached hydrogens (primary N) is 3. The molecule has 3 fully saturated rings. The number of hydrogen-bond donors (Lipinski definition) is 5. The third-order valence-electron chi connectivity index (χ3n) is 8.43. The lowest BCUT2D eigenvalue weighted by atomic mass is 10.1. The number of benzene rings is 3. The molecule has 12 heteroatoms. The zero-order valence-electron chi connectivity index (χ0n) is 28.9. The van der Waals surface area contributed by atoms with E-state index in [-0.39, 0.29) is 11.5 Å². The first-order valence-corrected chi connectivity index (χ1v) is 16.6. The molecule has 3 aliphatic heterocycles. The molecule has 0 aliphatic carbocycles. The number of nitrogens with zero attached hydrogens (tertiary/aromatic N) is 5.